The molecule has 0 spiro atoms. The first-order valence-electron chi connectivity index (χ1n) is 9.21. The lowest BCUT2D eigenvalue weighted by Gasteiger charge is -2.23. The summed E-state index contributed by atoms with van der Waals surface area (Å²) in [6.45, 7) is 4.98. The normalized spacial score (nSPS) is 11.5. The second kappa shape index (κ2) is 9.43. The molecule has 9 heteroatoms. The summed E-state index contributed by atoms with van der Waals surface area (Å²) in [4.78, 5) is 21.9. The second-order valence-electron chi connectivity index (χ2n) is 7.45. The van der Waals surface area contributed by atoms with Crippen LogP contribution >= 0.6 is 23.7 Å². The first-order valence-corrected chi connectivity index (χ1v) is 11.9. The van der Waals surface area contributed by atoms with Gasteiger partial charge in [-0.15, -0.1) is 12.4 Å². The van der Waals surface area contributed by atoms with Crippen molar-refractivity contribution in [1.29, 1.82) is 0 Å². The molecule has 30 heavy (non-hydrogen) atoms. The van der Waals surface area contributed by atoms with E-state index in [1.165, 1.54) is 17.6 Å². The number of hydrogen-bond donors (Lipinski definition) is 0. The quantitative estimate of drug-likeness (QED) is 0.549. The number of para-hydroxylation sites is 1. The van der Waals surface area contributed by atoms with E-state index in [9.17, 15) is 13.2 Å². The highest BCUT2D eigenvalue weighted by atomic mass is 35.5. The highest BCUT2D eigenvalue weighted by molar-refractivity contribution is 7.91. The van der Waals surface area contributed by atoms with E-state index in [2.05, 4.69) is 4.98 Å². The highest BCUT2D eigenvalue weighted by Gasteiger charge is 2.24. The second-order valence-corrected chi connectivity index (χ2v) is 10.4. The van der Waals surface area contributed by atoms with Crippen molar-refractivity contribution < 1.29 is 13.2 Å². The summed E-state index contributed by atoms with van der Waals surface area (Å²) in [7, 11) is 0.470. The lowest BCUT2D eigenvalue weighted by molar-refractivity contribution is 0.0984. The molecule has 0 atom stereocenters. The number of benzene rings is 2. The first kappa shape index (κ1) is 24.3. The molecule has 2 aromatic carbocycles. The Kier molecular flexibility index (Phi) is 7.63. The van der Waals surface area contributed by atoms with Crippen LogP contribution < -0.4 is 4.90 Å². The van der Waals surface area contributed by atoms with Crippen molar-refractivity contribution in [2.45, 2.75) is 18.7 Å². The topological polar surface area (TPSA) is 70.6 Å². The molecule has 1 heterocycles. The Bertz CT molecular complexity index is 1170. The SMILES string of the molecule is Cc1ccc(C)c(C(=O)N(CCN(C)C)c2nc3c(S(C)(=O)=O)cccc3s2)c1.Cl. The van der Waals surface area contributed by atoms with Crippen LogP contribution in [-0.2, 0) is 9.84 Å². The van der Waals surface area contributed by atoms with Crippen molar-refractivity contribution >= 4 is 54.8 Å². The smallest absolute Gasteiger partial charge is 0.260 e. The Labute approximate surface area is 187 Å². The minimum Gasteiger partial charge on any atom is -0.308 e. The minimum absolute atomic E-state index is 0. The summed E-state index contributed by atoms with van der Waals surface area (Å²) >= 11 is 1.33. The van der Waals surface area contributed by atoms with Crippen molar-refractivity contribution in [2.75, 3.05) is 38.3 Å². The standard InChI is InChI=1S/C21H25N3O3S2.ClH/c1-14-9-10-15(2)16(13-14)20(25)24(12-11-23(3)4)21-22-19-17(28-21)7-6-8-18(19)29(5,26)27;/h6-10,13H,11-12H2,1-5H3;1H. The van der Waals surface area contributed by atoms with Gasteiger partial charge < -0.3 is 4.90 Å². The lowest BCUT2D eigenvalue weighted by Crippen LogP contribution is -2.37. The predicted molar refractivity (Wildman–Crippen MR) is 126 cm³/mol. The zero-order valence-corrected chi connectivity index (χ0v) is 20.1. The summed E-state index contributed by atoms with van der Waals surface area (Å²) in [6, 6.07) is 10.9. The molecule has 6 nitrogen and oxygen atoms in total. The summed E-state index contributed by atoms with van der Waals surface area (Å²) in [5.74, 6) is -0.131. The number of fused-ring (bicyclic) bond motifs is 1. The highest BCUT2D eigenvalue weighted by Crippen LogP contribution is 2.33. The Hall–Kier alpha value is -2.00. The van der Waals surface area contributed by atoms with E-state index in [1.54, 1.807) is 17.0 Å². The van der Waals surface area contributed by atoms with Crippen molar-refractivity contribution in [3.05, 3.63) is 53.1 Å². The van der Waals surface area contributed by atoms with Crippen LogP contribution in [0.25, 0.3) is 10.2 Å². The number of halogens is 1. The molecule has 3 rings (SSSR count). The number of rotatable bonds is 6. The van der Waals surface area contributed by atoms with Gasteiger partial charge in [-0.05, 0) is 51.7 Å². The van der Waals surface area contributed by atoms with Gasteiger partial charge in [0.15, 0.2) is 15.0 Å². The Morgan fingerprint density at radius 3 is 2.43 bits per heavy atom. The van der Waals surface area contributed by atoms with Gasteiger partial charge in [-0.2, -0.15) is 0 Å². The summed E-state index contributed by atoms with van der Waals surface area (Å²) in [5.41, 5.74) is 2.95. The van der Waals surface area contributed by atoms with Crippen LogP contribution in [0.5, 0.6) is 0 Å². The molecule has 0 aliphatic carbocycles. The molecule has 0 aliphatic rings. The van der Waals surface area contributed by atoms with Crippen LogP contribution in [0.15, 0.2) is 41.3 Å². The minimum atomic E-state index is -3.42. The fraction of sp³-hybridized carbons (Fsp3) is 0.333. The number of sulfone groups is 1. The number of nitrogens with zero attached hydrogens (tertiary/aromatic N) is 3. The van der Waals surface area contributed by atoms with Crippen LogP contribution in [-0.4, -0.2) is 57.6 Å². The number of anilines is 1. The number of amides is 1. The van der Waals surface area contributed by atoms with Crippen molar-refractivity contribution in [3.63, 3.8) is 0 Å². The van der Waals surface area contributed by atoms with Gasteiger partial charge in [0.2, 0.25) is 0 Å². The van der Waals surface area contributed by atoms with E-state index in [-0.39, 0.29) is 23.2 Å². The third kappa shape index (κ3) is 5.18. The van der Waals surface area contributed by atoms with E-state index in [4.69, 9.17) is 0 Å². The van der Waals surface area contributed by atoms with E-state index in [0.29, 0.717) is 29.3 Å². The summed E-state index contributed by atoms with van der Waals surface area (Å²) < 4.78 is 25.1. The number of aromatic nitrogens is 1. The molecular weight excluding hydrogens is 442 g/mol. The van der Waals surface area contributed by atoms with Gasteiger partial charge in [0.05, 0.1) is 9.60 Å². The maximum atomic E-state index is 13.4. The van der Waals surface area contributed by atoms with Gasteiger partial charge in [-0.25, -0.2) is 13.4 Å². The van der Waals surface area contributed by atoms with Gasteiger partial charge in [0.25, 0.3) is 5.91 Å². The fourth-order valence-corrected chi connectivity index (χ4v) is 4.94. The molecule has 0 bridgehead atoms. The average Bonchev–Trinajstić information content (AvgIpc) is 3.06. The van der Waals surface area contributed by atoms with Gasteiger partial charge in [-0.1, -0.05) is 35.1 Å². The molecule has 0 fully saturated rings. The zero-order valence-electron chi connectivity index (χ0n) is 17.7. The van der Waals surface area contributed by atoms with E-state index < -0.39 is 9.84 Å². The number of aryl methyl sites for hydroxylation is 2. The van der Waals surface area contributed by atoms with Crippen molar-refractivity contribution in [2.24, 2.45) is 0 Å². The summed E-state index contributed by atoms with van der Waals surface area (Å²) in [6.07, 6.45) is 1.17. The van der Waals surface area contributed by atoms with Crippen LogP contribution in [0, 0.1) is 13.8 Å². The van der Waals surface area contributed by atoms with Crippen molar-refractivity contribution in [3.8, 4) is 0 Å². The molecule has 0 saturated heterocycles. The third-order valence-electron chi connectivity index (χ3n) is 4.64. The number of hydrogen-bond acceptors (Lipinski definition) is 6. The van der Waals surface area contributed by atoms with Gasteiger partial charge in [-0.3, -0.25) is 9.69 Å². The number of carbonyl (C=O) groups excluding carboxylic acids is 1. The summed E-state index contributed by atoms with van der Waals surface area (Å²) in [5, 5.41) is 0.504. The van der Waals surface area contributed by atoms with E-state index in [0.717, 1.165) is 15.8 Å². The molecule has 3 aromatic rings. The Morgan fingerprint density at radius 1 is 1.10 bits per heavy atom. The maximum Gasteiger partial charge on any atom is 0.260 e. The van der Waals surface area contributed by atoms with E-state index in [1.807, 2.05) is 57.1 Å². The number of carbonyl (C=O) groups is 1. The lowest BCUT2D eigenvalue weighted by atomic mass is 10.0. The third-order valence-corrected chi connectivity index (χ3v) is 6.81. The molecule has 0 aliphatic heterocycles. The monoisotopic (exact) mass is 467 g/mol. The molecule has 162 valence electrons. The molecular formula is C21H26ClN3O3S2. The number of likely N-dealkylation sites (N-methyl/N-ethyl adjacent to an activating group) is 1. The molecule has 0 unspecified atom stereocenters. The fourth-order valence-electron chi connectivity index (χ4n) is 3.02. The molecule has 0 N–H and O–H groups in total. The number of thiazole rings is 1. The average molecular weight is 468 g/mol. The molecule has 1 aromatic heterocycles. The van der Waals surface area contributed by atoms with Gasteiger partial charge >= 0.3 is 0 Å². The van der Waals surface area contributed by atoms with E-state index >= 15 is 0 Å². The Morgan fingerprint density at radius 2 is 1.80 bits per heavy atom. The predicted octanol–water partition coefficient (Wildman–Crippen LogP) is 3.95. The van der Waals surface area contributed by atoms with Gasteiger partial charge in [0.1, 0.15) is 5.52 Å². The molecule has 1 amide bonds. The Balaban J connectivity index is 0.00000320. The van der Waals surface area contributed by atoms with Crippen LogP contribution in [0.2, 0.25) is 0 Å². The first-order chi connectivity index (χ1) is 13.6. The van der Waals surface area contributed by atoms with Crippen LogP contribution in [0.3, 0.4) is 0 Å². The van der Waals surface area contributed by atoms with Crippen LogP contribution in [0.1, 0.15) is 21.5 Å². The zero-order chi connectivity index (χ0) is 21.3. The molecule has 0 saturated carbocycles. The molecule has 0 radical (unpaired) electrons. The maximum absolute atomic E-state index is 13.4. The largest absolute Gasteiger partial charge is 0.308 e. The van der Waals surface area contributed by atoms with Gasteiger partial charge in [0, 0.05) is 24.9 Å². The van der Waals surface area contributed by atoms with Crippen molar-refractivity contribution in [1.82, 2.24) is 9.88 Å². The van der Waals surface area contributed by atoms with Crippen LogP contribution in [0.4, 0.5) is 5.13 Å².